The molecule has 0 bridgehead atoms. The molecule has 2 aliphatic rings. The van der Waals surface area contributed by atoms with Crippen molar-refractivity contribution in [3.05, 3.63) is 24.2 Å². The van der Waals surface area contributed by atoms with E-state index in [1.165, 1.54) is 6.26 Å². The maximum absolute atomic E-state index is 13.2. The predicted molar refractivity (Wildman–Crippen MR) is 87.3 cm³/mol. The van der Waals surface area contributed by atoms with Crippen LogP contribution in [-0.4, -0.2) is 42.0 Å². The fraction of sp³-hybridized carbons (Fsp3) is 0.667. The zero-order valence-corrected chi connectivity index (χ0v) is 14.4. The van der Waals surface area contributed by atoms with Gasteiger partial charge in [0.1, 0.15) is 0 Å². The van der Waals surface area contributed by atoms with E-state index in [-0.39, 0.29) is 29.9 Å². The molecule has 26 heavy (non-hydrogen) atoms. The van der Waals surface area contributed by atoms with Gasteiger partial charge in [-0.2, -0.15) is 13.2 Å². The Hall–Kier alpha value is -1.99. The van der Waals surface area contributed by atoms with Gasteiger partial charge >= 0.3 is 6.18 Å². The minimum Gasteiger partial charge on any atom is -0.459 e. The highest BCUT2D eigenvalue weighted by Crippen LogP contribution is 2.38. The van der Waals surface area contributed by atoms with Crippen molar-refractivity contribution in [1.82, 2.24) is 10.2 Å². The lowest BCUT2D eigenvalue weighted by molar-refractivity contribution is -0.189. The van der Waals surface area contributed by atoms with Gasteiger partial charge in [-0.05, 0) is 37.8 Å². The molecule has 0 unspecified atom stereocenters. The minimum atomic E-state index is -4.28. The first kappa shape index (κ1) is 18.8. The summed E-state index contributed by atoms with van der Waals surface area (Å²) in [5, 5.41) is 2.64. The number of likely N-dealkylation sites (tertiary alicyclic amines) is 1. The Labute approximate surface area is 149 Å². The van der Waals surface area contributed by atoms with E-state index in [1.54, 1.807) is 17.0 Å². The highest BCUT2D eigenvalue weighted by Gasteiger charge is 2.46. The molecular weight excluding hydrogens is 349 g/mol. The van der Waals surface area contributed by atoms with Gasteiger partial charge in [0.2, 0.25) is 5.91 Å². The van der Waals surface area contributed by atoms with Crippen LogP contribution < -0.4 is 5.32 Å². The number of rotatable bonds is 3. The molecule has 1 aliphatic heterocycles. The fourth-order valence-electron chi connectivity index (χ4n) is 3.90. The Balaban J connectivity index is 1.52. The van der Waals surface area contributed by atoms with Crippen molar-refractivity contribution in [3.8, 4) is 0 Å². The number of nitrogens with one attached hydrogen (secondary N) is 1. The van der Waals surface area contributed by atoms with E-state index in [9.17, 15) is 22.8 Å². The smallest absolute Gasteiger partial charge is 0.393 e. The van der Waals surface area contributed by atoms with Gasteiger partial charge in [-0.1, -0.05) is 12.8 Å². The maximum Gasteiger partial charge on any atom is 0.393 e. The minimum absolute atomic E-state index is 0.0739. The lowest BCUT2D eigenvalue weighted by Gasteiger charge is -2.36. The predicted octanol–water partition coefficient (Wildman–Crippen LogP) is 3.37. The number of amides is 2. The molecule has 1 N–H and O–H groups in total. The normalized spacial score (nSPS) is 25.1. The number of carbonyl (C=O) groups is 2. The van der Waals surface area contributed by atoms with Gasteiger partial charge in [0.25, 0.3) is 5.91 Å². The standard InChI is InChI=1S/C18H23F3N2O3/c19-18(20,21)13-4-1-2-5-14(13)22-16(24)12-7-9-23(10-8-12)17(25)15-6-3-11-26-15/h3,6,11-14H,1-2,4-5,7-10H2,(H,22,24)/t13-,14+/m1/s1. The van der Waals surface area contributed by atoms with Gasteiger partial charge in [0.05, 0.1) is 12.2 Å². The van der Waals surface area contributed by atoms with Crippen LogP contribution in [0.3, 0.4) is 0 Å². The van der Waals surface area contributed by atoms with Gasteiger partial charge in [-0.3, -0.25) is 9.59 Å². The Kier molecular flexibility index (Phi) is 5.58. The second kappa shape index (κ2) is 7.72. The lowest BCUT2D eigenvalue weighted by Crippen LogP contribution is -2.51. The third-order valence-electron chi connectivity index (χ3n) is 5.40. The van der Waals surface area contributed by atoms with Crippen LogP contribution in [0.15, 0.2) is 22.8 Å². The number of furan rings is 1. The van der Waals surface area contributed by atoms with Crippen molar-refractivity contribution >= 4 is 11.8 Å². The van der Waals surface area contributed by atoms with Crippen molar-refractivity contribution in [2.75, 3.05) is 13.1 Å². The molecule has 1 aromatic heterocycles. The van der Waals surface area contributed by atoms with E-state index in [2.05, 4.69) is 5.32 Å². The number of carbonyl (C=O) groups excluding carboxylic acids is 2. The van der Waals surface area contributed by atoms with Crippen molar-refractivity contribution in [2.45, 2.75) is 50.7 Å². The van der Waals surface area contributed by atoms with Crippen molar-refractivity contribution in [2.24, 2.45) is 11.8 Å². The molecule has 0 spiro atoms. The molecule has 5 nitrogen and oxygen atoms in total. The summed E-state index contributed by atoms with van der Waals surface area (Å²) in [5.74, 6) is -2.11. The summed E-state index contributed by atoms with van der Waals surface area (Å²) in [6, 6.07) is 2.38. The number of hydrogen-bond acceptors (Lipinski definition) is 3. The van der Waals surface area contributed by atoms with Crippen LogP contribution in [0, 0.1) is 11.8 Å². The Bertz CT molecular complexity index is 622. The van der Waals surface area contributed by atoms with Crippen LogP contribution in [0.25, 0.3) is 0 Å². The van der Waals surface area contributed by atoms with Crippen LogP contribution >= 0.6 is 0 Å². The van der Waals surface area contributed by atoms with Gasteiger partial charge < -0.3 is 14.6 Å². The molecule has 2 fully saturated rings. The Morgan fingerprint density at radius 1 is 1.12 bits per heavy atom. The first-order chi connectivity index (χ1) is 12.4. The SMILES string of the molecule is O=C(N[C@H]1CCCC[C@H]1C(F)(F)F)C1CCN(C(=O)c2ccco2)CC1. The van der Waals surface area contributed by atoms with E-state index < -0.39 is 18.1 Å². The average molecular weight is 372 g/mol. The molecule has 1 saturated heterocycles. The number of alkyl halides is 3. The highest BCUT2D eigenvalue weighted by atomic mass is 19.4. The van der Waals surface area contributed by atoms with Crippen molar-refractivity contribution in [1.29, 1.82) is 0 Å². The van der Waals surface area contributed by atoms with E-state index in [1.807, 2.05) is 0 Å². The maximum atomic E-state index is 13.2. The van der Waals surface area contributed by atoms with Crippen LogP contribution in [0.1, 0.15) is 49.1 Å². The molecular formula is C18H23F3N2O3. The van der Waals surface area contributed by atoms with E-state index in [0.29, 0.717) is 45.2 Å². The zero-order chi connectivity index (χ0) is 18.7. The Morgan fingerprint density at radius 3 is 2.42 bits per heavy atom. The summed E-state index contributed by atoms with van der Waals surface area (Å²) < 4.78 is 44.6. The van der Waals surface area contributed by atoms with Crippen molar-refractivity contribution < 1.29 is 27.2 Å². The summed E-state index contributed by atoms with van der Waals surface area (Å²) in [5.41, 5.74) is 0. The quantitative estimate of drug-likeness (QED) is 0.885. The fourth-order valence-corrected chi connectivity index (χ4v) is 3.90. The first-order valence-electron chi connectivity index (χ1n) is 9.06. The summed E-state index contributed by atoms with van der Waals surface area (Å²) in [7, 11) is 0. The monoisotopic (exact) mass is 372 g/mol. The third-order valence-corrected chi connectivity index (χ3v) is 5.40. The van der Waals surface area contributed by atoms with Gasteiger partial charge in [-0.25, -0.2) is 0 Å². The molecule has 3 rings (SSSR count). The van der Waals surface area contributed by atoms with Gasteiger partial charge in [0, 0.05) is 25.0 Å². The van der Waals surface area contributed by atoms with E-state index in [4.69, 9.17) is 4.42 Å². The number of halogens is 3. The molecule has 144 valence electrons. The number of nitrogens with zero attached hydrogens (tertiary/aromatic N) is 1. The summed E-state index contributed by atoms with van der Waals surface area (Å²) >= 11 is 0. The second-order valence-electron chi connectivity index (χ2n) is 7.09. The molecule has 1 saturated carbocycles. The van der Waals surface area contributed by atoms with Crippen LogP contribution in [0.5, 0.6) is 0 Å². The van der Waals surface area contributed by atoms with Crippen LogP contribution in [-0.2, 0) is 4.79 Å². The molecule has 1 aliphatic carbocycles. The van der Waals surface area contributed by atoms with Crippen LogP contribution in [0.2, 0.25) is 0 Å². The molecule has 1 aromatic rings. The molecule has 8 heteroatoms. The Morgan fingerprint density at radius 2 is 1.81 bits per heavy atom. The highest BCUT2D eigenvalue weighted by molar-refractivity contribution is 5.91. The molecule has 0 radical (unpaired) electrons. The van der Waals surface area contributed by atoms with E-state index >= 15 is 0 Å². The second-order valence-corrected chi connectivity index (χ2v) is 7.09. The largest absolute Gasteiger partial charge is 0.459 e. The van der Waals surface area contributed by atoms with Gasteiger partial charge in [-0.15, -0.1) is 0 Å². The molecule has 2 heterocycles. The van der Waals surface area contributed by atoms with Crippen molar-refractivity contribution in [3.63, 3.8) is 0 Å². The molecule has 0 aromatic carbocycles. The summed E-state index contributed by atoms with van der Waals surface area (Å²) in [6.07, 6.45) is -0.275. The zero-order valence-electron chi connectivity index (χ0n) is 14.4. The average Bonchev–Trinajstić information content (AvgIpc) is 3.15. The van der Waals surface area contributed by atoms with Gasteiger partial charge in [0.15, 0.2) is 5.76 Å². The molecule has 2 amide bonds. The topological polar surface area (TPSA) is 62.6 Å². The summed E-state index contributed by atoms with van der Waals surface area (Å²) in [6.45, 7) is 0.788. The summed E-state index contributed by atoms with van der Waals surface area (Å²) in [4.78, 5) is 26.3. The molecule has 2 atom stereocenters. The number of piperidine rings is 1. The third kappa shape index (κ3) is 4.22. The number of hydrogen-bond donors (Lipinski definition) is 1. The van der Waals surface area contributed by atoms with E-state index in [0.717, 1.165) is 0 Å². The van der Waals surface area contributed by atoms with Crippen LogP contribution in [0.4, 0.5) is 13.2 Å². The first-order valence-corrected chi connectivity index (χ1v) is 9.06. The lowest BCUT2D eigenvalue weighted by atomic mass is 9.83.